The van der Waals surface area contributed by atoms with Crippen LogP contribution in [0.25, 0.3) is 0 Å². The van der Waals surface area contributed by atoms with E-state index < -0.39 is 55.4 Å². The number of hydrogen-bond donors (Lipinski definition) is 4. The lowest BCUT2D eigenvalue weighted by atomic mass is 9.99. The van der Waals surface area contributed by atoms with Gasteiger partial charge in [-0.1, -0.05) is 57.9 Å². The molecule has 1 saturated heterocycles. The molecule has 216 valence electrons. The third-order valence-electron chi connectivity index (χ3n) is 6.30. The smallest absolute Gasteiger partial charge is 0.306 e. The summed E-state index contributed by atoms with van der Waals surface area (Å²) in [6, 6.07) is 0. The Morgan fingerprint density at radius 1 is 0.865 bits per heavy atom. The van der Waals surface area contributed by atoms with Gasteiger partial charge in [0.25, 0.3) is 0 Å². The average Bonchev–Trinajstić information content (AvgIpc) is 2.89. The molecule has 10 heteroatoms. The summed E-state index contributed by atoms with van der Waals surface area (Å²) in [5.74, 6) is -0.853. The predicted molar refractivity (Wildman–Crippen MR) is 136 cm³/mol. The second-order valence-electron chi connectivity index (χ2n) is 9.58. The van der Waals surface area contributed by atoms with E-state index in [2.05, 4.69) is 13.5 Å². The Kier molecular flexibility index (Phi) is 18.5. The standard InChI is InChI=1S/C27H48O10/c1-3-5-7-9-10-12-14-16-23(30)36-20(18-34-22(29)15-13-11-8-6-4-2)19-35-27-26(33)25(32)24(31)21(17-28)37-27/h3,20-21,24-28,31-33H,1,4-19H2,2H3/t20-,21-,24+,25+,26-,27-/m1/s1. The lowest BCUT2D eigenvalue weighted by molar-refractivity contribution is -0.305. The van der Waals surface area contributed by atoms with Crippen molar-refractivity contribution in [3.8, 4) is 0 Å². The zero-order valence-corrected chi connectivity index (χ0v) is 22.3. The summed E-state index contributed by atoms with van der Waals surface area (Å²) < 4.78 is 21.6. The van der Waals surface area contributed by atoms with Crippen molar-refractivity contribution in [2.45, 2.75) is 127 Å². The fraction of sp³-hybridized carbons (Fsp3) is 0.852. The summed E-state index contributed by atoms with van der Waals surface area (Å²) in [5, 5.41) is 39.4. The highest BCUT2D eigenvalue weighted by molar-refractivity contribution is 5.70. The number of unbranched alkanes of at least 4 members (excludes halogenated alkanes) is 9. The molecule has 0 aromatic rings. The van der Waals surface area contributed by atoms with Gasteiger partial charge in [-0.15, -0.1) is 6.58 Å². The molecule has 37 heavy (non-hydrogen) atoms. The number of carbonyl (C=O) groups excluding carboxylic acids is 2. The van der Waals surface area contributed by atoms with E-state index in [0.717, 1.165) is 64.2 Å². The number of rotatable bonds is 21. The topological polar surface area (TPSA) is 152 Å². The summed E-state index contributed by atoms with van der Waals surface area (Å²) in [6.45, 7) is 4.73. The molecule has 0 aromatic carbocycles. The Labute approximate surface area is 220 Å². The zero-order valence-electron chi connectivity index (χ0n) is 22.3. The Bertz CT molecular complexity index is 626. The molecule has 0 unspecified atom stereocenters. The minimum Gasteiger partial charge on any atom is -0.462 e. The fourth-order valence-corrected chi connectivity index (χ4v) is 3.99. The Hall–Kier alpha value is -1.56. The molecule has 0 bridgehead atoms. The first kappa shape index (κ1) is 33.5. The Morgan fingerprint density at radius 2 is 1.49 bits per heavy atom. The highest BCUT2D eigenvalue weighted by Crippen LogP contribution is 2.22. The maximum atomic E-state index is 12.4. The normalized spacial score (nSPS) is 24.4. The van der Waals surface area contributed by atoms with Crippen LogP contribution < -0.4 is 0 Å². The maximum absolute atomic E-state index is 12.4. The van der Waals surface area contributed by atoms with Gasteiger partial charge in [0.15, 0.2) is 12.4 Å². The molecule has 10 nitrogen and oxygen atoms in total. The van der Waals surface area contributed by atoms with E-state index in [0.29, 0.717) is 6.42 Å². The highest BCUT2D eigenvalue weighted by Gasteiger charge is 2.44. The first-order valence-corrected chi connectivity index (χ1v) is 13.7. The molecule has 0 aliphatic carbocycles. The van der Waals surface area contributed by atoms with Crippen LogP contribution in [-0.2, 0) is 28.5 Å². The van der Waals surface area contributed by atoms with Gasteiger partial charge in [-0.05, 0) is 25.7 Å². The van der Waals surface area contributed by atoms with Gasteiger partial charge in [-0.25, -0.2) is 0 Å². The van der Waals surface area contributed by atoms with Gasteiger partial charge in [0.2, 0.25) is 0 Å². The minimum absolute atomic E-state index is 0.212. The number of aliphatic hydroxyl groups is 4. The fourth-order valence-electron chi connectivity index (χ4n) is 3.99. The van der Waals surface area contributed by atoms with E-state index in [1.807, 2.05) is 6.08 Å². The van der Waals surface area contributed by atoms with Crippen LogP contribution in [0.3, 0.4) is 0 Å². The van der Waals surface area contributed by atoms with Gasteiger partial charge in [-0.2, -0.15) is 0 Å². The third-order valence-corrected chi connectivity index (χ3v) is 6.30. The van der Waals surface area contributed by atoms with Gasteiger partial charge in [0.05, 0.1) is 13.2 Å². The van der Waals surface area contributed by atoms with E-state index in [1.54, 1.807) is 0 Å². The largest absolute Gasteiger partial charge is 0.462 e. The van der Waals surface area contributed by atoms with E-state index in [1.165, 1.54) is 0 Å². The van der Waals surface area contributed by atoms with Gasteiger partial charge >= 0.3 is 11.9 Å². The summed E-state index contributed by atoms with van der Waals surface area (Å²) in [7, 11) is 0. The number of ether oxygens (including phenoxy) is 4. The average molecular weight is 533 g/mol. The number of hydrogen-bond acceptors (Lipinski definition) is 10. The first-order chi connectivity index (χ1) is 17.8. The molecule has 6 atom stereocenters. The minimum atomic E-state index is -1.59. The second kappa shape index (κ2) is 20.4. The quantitative estimate of drug-likeness (QED) is 0.0986. The number of aliphatic hydroxyl groups excluding tert-OH is 4. The molecule has 0 radical (unpaired) electrons. The monoisotopic (exact) mass is 532 g/mol. The van der Waals surface area contributed by atoms with Crippen molar-refractivity contribution in [3.05, 3.63) is 12.7 Å². The van der Waals surface area contributed by atoms with Crippen LogP contribution in [0.5, 0.6) is 0 Å². The Balaban J connectivity index is 2.56. The number of esters is 2. The SMILES string of the molecule is C=CCCCCCCCC(=O)O[C@H](COC(=O)CCCCCCC)CO[C@@H]1O[C@H](CO)[C@H](O)[C@H](O)[C@H]1O. The van der Waals surface area contributed by atoms with Crippen LogP contribution in [0.2, 0.25) is 0 Å². The predicted octanol–water partition coefficient (Wildman–Crippen LogP) is 2.54. The summed E-state index contributed by atoms with van der Waals surface area (Å²) in [5.41, 5.74) is 0. The van der Waals surface area contributed by atoms with Gasteiger partial charge in [0.1, 0.15) is 31.0 Å². The molecule has 1 heterocycles. The lowest BCUT2D eigenvalue weighted by Gasteiger charge is -2.39. The molecular formula is C27H48O10. The van der Waals surface area contributed by atoms with Crippen molar-refractivity contribution in [2.24, 2.45) is 0 Å². The molecule has 0 saturated carbocycles. The molecule has 0 amide bonds. The van der Waals surface area contributed by atoms with Crippen LogP contribution in [0, 0.1) is 0 Å². The third kappa shape index (κ3) is 14.2. The molecular weight excluding hydrogens is 484 g/mol. The Morgan fingerprint density at radius 3 is 2.14 bits per heavy atom. The molecule has 1 aliphatic heterocycles. The van der Waals surface area contributed by atoms with Crippen molar-refractivity contribution >= 4 is 11.9 Å². The van der Waals surface area contributed by atoms with Gasteiger partial charge in [0, 0.05) is 12.8 Å². The maximum Gasteiger partial charge on any atom is 0.306 e. The van der Waals surface area contributed by atoms with E-state index in [9.17, 15) is 30.0 Å². The number of allylic oxidation sites excluding steroid dienone is 1. The van der Waals surface area contributed by atoms with Crippen molar-refractivity contribution in [3.63, 3.8) is 0 Å². The lowest BCUT2D eigenvalue weighted by Crippen LogP contribution is -2.59. The summed E-state index contributed by atoms with van der Waals surface area (Å²) >= 11 is 0. The van der Waals surface area contributed by atoms with Crippen LogP contribution >= 0.6 is 0 Å². The summed E-state index contributed by atoms with van der Waals surface area (Å²) in [4.78, 5) is 24.5. The highest BCUT2D eigenvalue weighted by atomic mass is 16.7. The van der Waals surface area contributed by atoms with Crippen molar-refractivity contribution < 1.29 is 49.0 Å². The van der Waals surface area contributed by atoms with Crippen molar-refractivity contribution in [2.75, 3.05) is 19.8 Å². The van der Waals surface area contributed by atoms with Crippen LogP contribution in [0.4, 0.5) is 0 Å². The molecule has 0 aromatic heterocycles. The summed E-state index contributed by atoms with van der Waals surface area (Å²) in [6.07, 6.45) is 4.91. The molecule has 4 N–H and O–H groups in total. The van der Waals surface area contributed by atoms with Crippen LogP contribution in [0.1, 0.15) is 90.4 Å². The first-order valence-electron chi connectivity index (χ1n) is 13.7. The van der Waals surface area contributed by atoms with Crippen LogP contribution in [0.15, 0.2) is 12.7 Å². The number of carbonyl (C=O) groups is 2. The van der Waals surface area contributed by atoms with Gasteiger partial charge < -0.3 is 39.4 Å². The molecule has 1 rings (SSSR count). The van der Waals surface area contributed by atoms with E-state index in [-0.39, 0.29) is 26.1 Å². The van der Waals surface area contributed by atoms with Crippen molar-refractivity contribution in [1.29, 1.82) is 0 Å². The molecule has 0 spiro atoms. The second-order valence-corrected chi connectivity index (χ2v) is 9.58. The van der Waals surface area contributed by atoms with E-state index >= 15 is 0 Å². The van der Waals surface area contributed by atoms with E-state index in [4.69, 9.17) is 18.9 Å². The van der Waals surface area contributed by atoms with Crippen molar-refractivity contribution in [1.82, 2.24) is 0 Å². The molecule has 1 aliphatic rings. The molecule has 1 fully saturated rings. The van der Waals surface area contributed by atoms with Crippen LogP contribution in [-0.4, -0.2) is 89.0 Å². The zero-order chi connectivity index (χ0) is 27.5. The van der Waals surface area contributed by atoms with Gasteiger partial charge in [-0.3, -0.25) is 9.59 Å².